The normalized spacial score (nSPS) is 12.5. The fraction of sp³-hybridized carbons (Fsp3) is 0.333. The van der Waals surface area contributed by atoms with Crippen molar-refractivity contribution in [2.75, 3.05) is 6.61 Å². The van der Waals surface area contributed by atoms with E-state index in [4.69, 9.17) is 21.4 Å². The van der Waals surface area contributed by atoms with Crippen LogP contribution in [-0.4, -0.2) is 17.1 Å². The number of aromatic hydroxyl groups is 1. The summed E-state index contributed by atoms with van der Waals surface area (Å²) in [6.07, 6.45) is 0. The second-order valence-electron chi connectivity index (χ2n) is 2.59. The van der Waals surface area contributed by atoms with E-state index in [0.29, 0.717) is 6.61 Å². The van der Waals surface area contributed by atoms with Crippen LogP contribution in [0.15, 0.2) is 24.3 Å². The highest BCUT2D eigenvalue weighted by Crippen LogP contribution is 2.16. The van der Waals surface area contributed by atoms with Gasteiger partial charge in [-0.05, 0) is 31.2 Å². The van der Waals surface area contributed by atoms with E-state index in [9.17, 15) is 0 Å². The molecule has 1 unspecified atom stereocenters. The Hall–Kier alpha value is -0.890. The zero-order chi connectivity index (χ0) is 8.97. The van der Waals surface area contributed by atoms with Crippen LogP contribution in [0.4, 0.5) is 0 Å². The molecule has 0 amide bonds. The molecule has 0 saturated carbocycles. The number of phenols is 1. The molecule has 12 heavy (non-hydrogen) atoms. The summed E-state index contributed by atoms with van der Waals surface area (Å²) < 4.78 is 5.28. The van der Waals surface area contributed by atoms with E-state index in [-0.39, 0.29) is 11.1 Å². The van der Waals surface area contributed by atoms with Gasteiger partial charge in [0.2, 0.25) is 0 Å². The van der Waals surface area contributed by atoms with Crippen LogP contribution in [0.2, 0.25) is 0 Å². The van der Waals surface area contributed by atoms with Crippen LogP contribution in [0.3, 0.4) is 0 Å². The minimum atomic E-state index is -0.00111. The molecule has 0 saturated heterocycles. The molecule has 66 valence electrons. The minimum Gasteiger partial charge on any atom is -0.508 e. The number of benzene rings is 1. The number of alkyl halides is 1. The van der Waals surface area contributed by atoms with Crippen LogP contribution in [-0.2, 0) is 0 Å². The zero-order valence-corrected chi connectivity index (χ0v) is 7.58. The highest BCUT2D eigenvalue weighted by molar-refractivity contribution is 6.20. The molecule has 0 bridgehead atoms. The quantitative estimate of drug-likeness (QED) is 0.735. The smallest absolute Gasteiger partial charge is 0.119 e. The van der Waals surface area contributed by atoms with Gasteiger partial charge in [0.25, 0.3) is 0 Å². The highest BCUT2D eigenvalue weighted by atomic mass is 35.5. The first-order valence-electron chi connectivity index (χ1n) is 3.74. The van der Waals surface area contributed by atoms with Crippen molar-refractivity contribution >= 4 is 11.6 Å². The molecule has 0 fully saturated rings. The van der Waals surface area contributed by atoms with E-state index in [0.717, 1.165) is 5.75 Å². The van der Waals surface area contributed by atoms with Gasteiger partial charge in [0, 0.05) is 0 Å². The second-order valence-corrected chi connectivity index (χ2v) is 3.33. The molecule has 0 aromatic heterocycles. The van der Waals surface area contributed by atoms with Crippen LogP contribution >= 0.6 is 11.6 Å². The van der Waals surface area contributed by atoms with Crippen LogP contribution in [0.5, 0.6) is 11.5 Å². The van der Waals surface area contributed by atoms with E-state index >= 15 is 0 Å². The molecule has 1 aromatic rings. The van der Waals surface area contributed by atoms with Crippen molar-refractivity contribution in [1.82, 2.24) is 0 Å². The summed E-state index contributed by atoms with van der Waals surface area (Å²) in [4.78, 5) is 0. The van der Waals surface area contributed by atoms with Crippen molar-refractivity contribution in [1.29, 1.82) is 0 Å². The van der Waals surface area contributed by atoms with Crippen LogP contribution in [0.25, 0.3) is 0 Å². The summed E-state index contributed by atoms with van der Waals surface area (Å²) in [6.45, 7) is 2.34. The van der Waals surface area contributed by atoms with E-state index in [2.05, 4.69) is 0 Å². The Balaban J connectivity index is 2.48. The predicted octanol–water partition coefficient (Wildman–Crippen LogP) is 2.40. The minimum absolute atomic E-state index is 0.00111. The molecule has 0 aliphatic carbocycles. The summed E-state index contributed by atoms with van der Waals surface area (Å²) in [5, 5.41) is 8.95. The molecule has 0 heterocycles. The molecule has 0 aliphatic rings. The molecule has 0 spiro atoms. The maximum absolute atomic E-state index is 8.95. The van der Waals surface area contributed by atoms with Gasteiger partial charge in [-0.3, -0.25) is 0 Å². The van der Waals surface area contributed by atoms with E-state index in [1.807, 2.05) is 6.92 Å². The molecule has 0 radical (unpaired) electrons. The first kappa shape index (κ1) is 9.20. The monoisotopic (exact) mass is 186 g/mol. The molecular weight excluding hydrogens is 176 g/mol. The van der Waals surface area contributed by atoms with Crippen LogP contribution < -0.4 is 4.74 Å². The van der Waals surface area contributed by atoms with Gasteiger partial charge in [-0.15, -0.1) is 11.6 Å². The maximum atomic E-state index is 8.95. The molecule has 0 aliphatic heterocycles. The molecule has 1 N–H and O–H groups in total. The van der Waals surface area contributed by atoms with Gasteiger partial charge < -0.3 is 9.84 Å². The number of rotatable bonds is 3. The Morgan fingerprint density at radius 3 is 2.50 bits per heavy atom. The number of hydrogen-bond acceptors (Lipinski definition) is 2. The number of hydrogen-bond donors (Lipinski definition) is 1. The largest absolute Gasteiger partial charge is 0.508 e. The number of ether oxygens (including phenoxy) is 1. The van der Waals surface area contributed by atoms with Gasteiger partial charge in [-0.1, -0.05) is 0 Å². The summed E-state index contributed by atoms with van der Waals surface area (Å²) in [7, 11) is 0. The van der Waals surface area contributed by atoms with Gasteiger partial charge in [0.15, 0.2) is 0 Å². The maximum Gasteiger partial charge on any atom is 0.119 e. The third-order valence-electron chi connectivity index (χ3n) is 1.32. The molecule has 3 heteroatoms. The Labute approximate surface area is 76.7 Å². The predicted molar refractivity (Wildman–Crippen MR) is 48.9 cm³/mol. The van der Waals surface area contributed by atoms with Crippen molar-refractivity contribution in [2.45, 2.75) is 12.3 Å². The SMILES string of the molecule is CC(Cl)COc1ccc(O)cc1. The Morgan fingerprint density at radius 2 is 2.00 bits per heavy atom. The molecule has 1 rings (SSSR count). The second kappa shape index (κ2) is 4.21. The highest BCUT2D eigenvalue weighted by Gasteiger charge is 1.97. The topological polar surface area (TPSA) is 29.5 Å². The average Bonchev–Trinajstić information content (AvgIpc) is 2.03. The summed E-state index contributed by atoms with van der Waals surface area (Å²) >= 11 is 5.68. The van der Waals surface area contributed by atoms with Crippen molar-refractivity contribution in [2.24, 2.45) is 0 Å². The lowest BCUT2D eigenvalue weighted by atomic mass is 10.3. The Morgan fingerprint density at radius 1 is 1.42 bits per heavy atom. The van der Waals surface area contributed by atoms with Crippen LogP contribution in [0, 0.1) is 0 Å². The van der Waals surface area contributed by atoms with Gasteiger partial charge in [-0.25, -0.2) is 0 Å². The fourth-order valence-electron chi connectivity index (χ4n) is 0.753. The van der Waals surface area contributed by atoms with Crippen LogP contribution in [0.1, 0.15) is 6.92 Å². The lowest BCUT2D eigenvalue weighted by Crippen LogP contribution is -2.06. The van der Waals surface area contributed by atoms with Crippen molar-refractivity contribution in [3.05, 3.63) is 24.3 Å². The standard InChI is InChI=1S/C9H11ClO2/c1-7(10)6-12-9-4-2-8(11)3-5-9/h2-5,7,11H,6H2,1H3. The molecule has 1 aromatic carbocycles. The third-order valence-corrected chi connectivity index (χ3v) is 1.44. The number of halogens is 1. The summed E-state index contributed by atoms with van der Waals surface area (Å²) in [6, 6.07) is 6.56. The fourth-order valence-corrected chi connectivity index (χ4v) is 0.816. The van der Waals surface area contributed by atoms with E-state index in [1.165, 1.54) is 0 Å². The van der Waals surface area contributed by atoms with Gasteiger partial charge in [0.1, 0.15) is 18.1 Å². The average molecular weight is 187 g/mol. The Kier molecular flexibility index (Phi) is 3.23. The molecule has 2 nitrogen and oxygen atoms in total. The van der Waals surface area contributed by atoms with Gasteiger partial charge >= 0.3 is 0 Å². The lowest BCUT2D eigenvalue weighted by molar-refractivity contribution is 0.319. The van der Waals surface area contributed by atoms with E-state index < -0.39 is 0 Å². The summed E-state index contributed by atoms with van der Waals surface area (Å²) in [5.74, 6) is 0.960. The van der Waals surface area contributed by atoms with Crippen molar-refractivity contribution in [3.8, 4) is 11.5 Å². The summed E-state index contributed by atoms with van der Waals surface area (Å²) in [5.41, 5.74) is 0. The van der Waals surface area contributed by atoms with Crippen molar-refractivity contribution < 1.29 is 9.84 Å². The lowest BCUT2D eigenvalue weighted by Gasteiger charge is -2.06. The molecule has 1 atom stereocenters. The zero-order valence-electron chi connectivity index (χ0n) is 6.83. The Bertz CT molecular complexity index is 231. The molecular formula is C9H11ClO2. The third kappa shape index (κ3) is 3.01. The van der Waals surface area contributed by atoms with E-state index in [1.54, 1.807) is 24.3 Å². The number of phenolic OH excluding ortho intramolecular Hbond substituents is 1. The van der Waals surface area contributed by atoms with Gasteiger partial charge in [-0.2, -0.15) is 0 Å². The van der Waals surface area contributed by atoms with Crippen molar-refractivity contribution in [3.63, 3.8) is 0 Å². The first-order chi connectivity index (χ1) is 5.68. The van der Waals surface area contributed by atoms with Gasteiger partial charge in [0.05, 0.1) is 5.38 Å². The first-order valence-corrected chi connectivity index (χ1v) is 4.18.